The molecule has 0 amide bonds. The fraction of sp³-hybridized carbons (Fsp3) is 0.308. The molecule has 0 bridgehead atoms. The summed E-state index contributed by atoms with van der Waals surface area (Å²) in [6.07, 6.45) is -4.30. The van der Waals surface area contributed by atoms with Crippen LogP contribution in [-0.4, -0.2) is 18.4 Å². The number of hydrogen-bond acceptors (Lipinski definition) is 4. The van der Waals surface area contributed by atoms with Crippen LogP contribution >= 0.6 is 0 Å². The zero-order chi connectivity index (χ0) is 24.6. The SMILES string of the molecule is CCOC(=O)C1=C(C)NC2=C(C(=O)CC(c3ccc(F)cc3)C2)C1c1ccccc1C(F)(F)F. The second kappa shape index (κ2) is 9.08. The molecule has 0 spiro atoms. The number of halogens is 4. The maximum atomic E-state index is 13.9. The first-order valence-corrected chi connectivity index (χ1v) is 10.9. The van der Waals surface area contributed by atoms with E-state index in [-0.39, 0.29) is 41.4 Å². The Morgan fingerprint density at radius 1 is 1.09 bits per heavy atom. The smallest absolute Gasteiger partial charge is 0.416 e. The molecule has 178 valence electrons. The fourth-order valence-electron chi connectivity index (χ4n) is 4.81. The monoisotopic (exact) mass is 473 g/mol. The molecule has 8 heteroatoms. The van der Waals surface area contributed by atoms with Crippen molar-refractivity contribution < 1.29 is 31.9 Å². The Hall–Kier alpha value is -3.42. The van der Waals surface area contributed by atoms with E-state index >= 15 is 0 Å². The molecule has 1 aliphatic carbocycles. The third kappa shape index (κ3) is 4.36. The number of ketones is 1. The molecule has 34 heavy (non-hydrogen) atoms. The lowest BCUT2D eigenvalue weighted by Gasteiger charge is -2.37. The lowest BCUT2D eigenvalue weighted by molar-refractivity contribution is -0.140. The summed E-state index contributed by atoms with van der Waals surface area (Å²) >= 11 is 0. The van der Waals surface area contributed by atoms with Gasteiger partial charge in [0.25, 0.3) is 0 Å². The van der Waals surface area contributed by atoms with Gasteiger partial charge >= 0.3 is 12.1 Å². The first kappa shape index (κ1) is 23.7. The molecule has 1 N–H and O–H groups in total. The number of allylic oxidation sites excluding steroid dienone is 3. The molecule has 0 saturated carbocycles. The second-order valence-electron chi connectivity index (χ2n) is 8.37. The minimum Gasteiger partial charge on any atom is -0.463 e. The molecule has 2 atom stereocenters. The normalized spacial score (nSPS) is 20.7. The molecule has 4 nitrogen and oxygen atoms in total. The third-order valence-corrected chi connectivity index (χ3v) is 6.24. The molecule has 0 fully saturated rings. The Kier molecular flexibility index (Phi) is 6.34. The van der Waals surface area contributed by atoms with Crippen molar-refractivity contribution >= 4 is 11.8 Å². The van der Waals surface area contributed by atoms with Gasteiger partial charge in [-0.15, -0.1) is 0 Å². The maximum Gasteiger partial charge on any atom is 0.416 e. The average molecular weight is 473 g/mol. The molecule has 2 aromatic carbocycles. The number of hydrogen-bond donors (Lipinski definition) is 1. The number of carbonyl (C=O) groups excluding carboxylic acids is 2. The summed E-state index contributed by atoms with van der Waals surface area (Å²) in [5.41, 5.74) is 0.629. The first-order chi connectivity index (χ1) is 16.1. The third-order valence-electron chi connectivity index (χ3n) is 6.24. The van der Waals surface area contributed by atoms with Gasteiger partial charge in [-0.05, 0) is 55.5 Å². The molecule has 1 aliphatic heterocycles. The van der Waals surface area contributed by atoms with Crippen LogP contribution in [0.3, 0.4) is 0 Å². The Morgan fingerprint density at radius 3 is 2.41 bits per heavy atom. The highest BCUT2D eigenvalue weighted by atomic mass is 19.4. The van der Waals surface area contributed by atoms with Crippen LogP contribution < -0.4 is 5.32 Å². The Morgan fingerprint density at radius 2 is 1.76 bits per heavy atom. The summed E-state index contributed by atoms with van der Waals surface area (Å²) in [7, 11) is 0. The molecule has 0 aromatic heterocycles. The summed E-state index contributed by atoms with van der Waals surface area (Å²) in [5, 5.41) is 3.09. The quantitative estimate of drug-likeness (QED) is 0.453. The molecule has 0 saturated heterocycles. The highest BCUT2D eigenvalue weighted by Crippen LogP contribution is 2.48. The number of carbonyl (C=O) groups is 2. The van der Waals surface area contributed by atoms with Gasteiger partial charge < -0.3 is 10.1 Å². The van der Waals surface area contributed by atoms with Gasteiger partial charge in [-0.3, -0.25) is 4.79 Å². The van der Waals surface area contributed by atoms with E-state index in [9.17, 15) is 27.2 Å². The summed E-state index contributed by atoms with van der Waals surface area (Å²) in [4.78, 5) is 26.3. The zero-order valence-electron chi connectivity index (χ0n) is 18.6. The van der Waals surface area contributed by atoms with Crippen LogP contribution in [0, 0.1) is 5.82 Å². The number of dihydropyridines is 1. The van der Waals surface area contributed by atoms with Crippen LogP contribution in [0.25, 0.3) is 0 Å². The summed E-state index contributed by atoms with van der Waals surface area (Å²) in [6, 6.07) is 10.8. The predicted octanol–water partition coefficient (Wildman–Crippen LogP) is 5.77. The highest BCUT2D eigenvalue weighted by Gasteiger charge is 2.45. The van der Waals surface area contributed by atoms with Crippen molar-refractivity contribution in [1.82, 2.24) is 5.32 Å². The zero-order valence-corrected chi connectivity index (χ0v) is 18.6. The number of benzene rings is 2. The van der Waals surface area contributed by atoms with Crippen molar-refractivity contribution in [2.24, 2.45) is 0 Å². The standard InChI is InChI=1S/C26H23F4NO3/c1-3-34-25(33)22-14(2)31-20-12-16(15-8-10-17(27)11-9-15)13-21(32)24(20)23(22)18-6-4-5-7-19(18)26(28,29)30/h4-11,16,23,31H,3,12-13H2,1-2H3. The van der Waals surface area contributed by atoms with Gasteiger partial charge in [0.05, 0.1) is 17.7 Å². The van der Waals surface area contributed by atoms with Crippen LogP contribution in [0.5, 0.6) is 0 Å². The predicted molar refractivity (Wildman–Crippen MR) is 117 cm³/mol. The summed E-state index contributed by atoms with van der Waals surface area (Å²) < 4.78 is 60.3. The average Bonchev–Trinajstić information content (AvgIpc) is 2.78. The van der Waals surface area contributed by atoms with Gasteiger partial charge in [-0.25, -0.2) is 9.18 Å². The minimum absolute atomic E-state index is 0.00844. The molecule has 2 unspecified atom stereocenters. The van der Waals surface area contributed by atoms with Gasteiger partial charge in [0.1, 0.15) is 5.82 Å². The van der Waals surface area contributed by atoms with Crippen LogP contribution in [-0.2, 0) is 20.5 Å². The van der Waals surface area contributed by atoms with Gasteiger partial charge in [-0.1, -0.05) is 30.3 Å². The van der Waals surface area contributed by atoms with Gasteiger partial charge in [-0.2, -0.15) is 13.2 Å². The molecule has 2 aromatic rings. The molecule has 4 rings (SSSR count). The van der Waals surface area contributed by atoms with E-state index in [0.29, 0.717) is 17.8 Å². The van der Waals surface area contributed by atoms with Gasteiger partial charge in [0.15, 0.2) is 5.78 Å². The largest absolute Gasteiger partial charge is 0.463 e. The molecular weight excluding hydrogens is 450 g/mol. The maximum absolute atomic E-state index is 13.9. The van der Waals surface area contributed by atoms with Crippen molar-refractivity contribution in [3.63, 3.8) is 0 Å². The molecule has 0 radical (unpaired) electrons. The van der Waals surface area contributed by atoms with E-state index < -0.39 is 29.4 Å². The Labute approximate surface area is 194 Å². The van der Waals surface area contributed by atoms with Crippen molar-refractivity contribution in [2.75, 3.05) is 6.61 Å². The van der Waals surface area contributed by atoms with Crippen LogP contribution in [0.2, 0.25) is 0 Å². The van der Waals surface area contributed by atoms with Crippen LogP contribution in [0.15, 0.2) is 71.1 Å². The first-order valence-electron chi connectivity index (χ1n) is 10.9. The number of esters is 1. The van der Waals surface area contributed by atoms with Crippen molar-refractivity contribution in [3.8, 4) is 0 Å². The molecule has 1 heterocycles. The molecule has 2 aliphatic rings. The minimum atomic E-state index is -4.68. The van der Waals surface area contributed by atoms with Crippen LogP contribution in [0.4, 0.5) is 17.6 Å². The fourth-order valence-corrected chi connectivity index (χ4v) is 4.81. The van der Waals surface area contributed by atoms with E-state index in [1.165, 1.54) is 30.3 Å². The highest BCUT2D eigenvalue weighted by molar-refractivity contribution is 6.04. The van der Waals surface area contributed by atoms with Crippen molar-refractivity contribution in [1.29, 1.82) is 0 Å². The molecular formula is C26H23F4NO3. The number of rotatable bonds is 4. The lowest BCUT2D eigenvalue weighted by atomic mass is 9.71. The number of alkyl halides is 3. The van der Waals surface area contributed by atoms with E-state index in [4.69, 9.17) is 4.74 Å². The summed E-state index contributed by atoms with van der Waals surface area (Å²) in [5.74, 6) is -3.01. The van der Waals surface area contributed by atoms with Gasteiger partial charge in [0, 0.05) is 29.3 Å². The van der Waals surface area contributed by atoms with E-state index in [1.54, 1.807) is 26.0 Å². The number of ether oxygens (including phenoxy) is 1. The van der Waals surface area contributed by atoms with E-state index in [2.05, 4.69) is 5.32 Å². The topological polar surface area (TPSA) is 55.4 Å². The number of Topliss-reactive ketones (excluding diaryl/α,β-unsaturated/α-hetero) is 1. The second-order valence-corrected chi connectivity index (χ2v) is 8.37. The van der Waals surface area contributed by atoms with Gasteiger partial charge in [0.2, 0.25) is 0 Å². The Balaban J connectivity index is 1.87. The van der Waals surface area contributed by atoms with E-state index in [0.717, 1.165) is 11.6 Å². The number of nitrogens with one attached hydrogen (secondary N) is 1. The van der Waals surface area contributed by atoms with Crippen molar-refractivity contribution in [3.05, 3.63) is 93.6 Å². The van der Waals surface area contributed by atoms with Crippen LogP contribution in [0.1, 0.15) is 55.2 Å². The van der Waals surface area contributed by atoms with Crippen molar-refractivity contribution in [2.45, 2.75) is 44.7 Å². The lowest BCUT2D eigenvalue weighted by Crippen LogP contribution is -2.36. The summed E-state index contributed by atoms with van der Waals surface area (Å²) in [6.45, 7) is 3.23. The Bertz CT molecular complexity index is 1200. The van der Waals surface area contributed by atoms with E-state index in [1.807, 2.05) is 0 Å².